The van der Waals surface area contributed by atoms with Crippen molar-refractivity contribution in [3.8, 4) is 11.5 Å². The van der Waals surface area contributed by atoms with Gasteiger partial charge in [0, 0.05) is 6.20 Å². The van der Waals surface area contributed by atoms with Crippen LogP contribution in [0.3, 0.4) is 0 Å². The van der Waals surface area contributed by atoms with E-state index in [1.807, 2.05) is 30.5 Å². The predicted octanol–water partition coefficient (Wildman–Crippen LogP) is 3.69. The summed E-state index contributed by atoms with van der Waals surface area (Å²) in [5, 5.41) is 9.81. The zero-order chi connectivity index (χ0) is 20.1. The van der Waals surface area contributed by atoms with Crippen molar-refractivity contribution in [1.82, 2.24) is 9.88 Å². The largest absolute Gasteiger partial charge is 0.493 e. The number of aliphatic carboxylic acids is 1. The summed E-state index contributed by atoms with van der Waals surface area (Å²) in [6.45, 7) is 2.81. The lowest BCUT2D eigenvalue weighted by molar-refractivity contribution is -0.145. The summed E-state index contributed by atoms with van der Waals surface area (Å²) in [6.07, 6.45) is 5.33. The number of hydrogen-bond donors (Lipinski definition) is 1. The van der Waals surface area contributed by atoms with Crippen LogP contribution in [0.5, 0.6) is 11.5 Å². The van der Waals surface area contributed by atoms with Gasteiger partial charge in [-0.15, -0.1) is 0 Å². The van der Waals surface area contributed by atoms with Crippen LogP contribution in [0.1, 0.15) is 49.0 Å². The molecule has 1 aromatic heterocycles. The van der Waals surface area contributed by atoms with Gasteiger partial charge in [-0.05, 0) is 55.1 Å². The predicted molar refractivity (Wildman–Crippen MR) is 107 cm³/mol. The number of benzene rings is 1. The molecule has 2 atom stereocenters. The number of aryl methyl sites for hydroxylation is 1. The SMILES string of the molecule is CCc1ccc(C(c2ccc(OC)c(OC)c2)N2CCCCC2C(=O)O)nc1. The Labute approximate surface area is 166 Å². The van der Waals surface area contributed by atoms with Crippen LogP contribution in [0.15, 0.2) is 36.5 Å². The molecule has 0 radical (unpaired) electrons. The average molecular weight is 384 g/mol. The fourth-order valence-corrected chi connectivity index (χ4v) is 3.89. The lowest BCUT2D eigenvalue weighted by Crippen LogP contribution is -2.47. The highest BCUT2D eigenvalue weighted by Gasteiger charge is 2.36. The number of pyridine rings is 1. The first-order valence-electron chi connectivity index (χ1n) is 9.74. The number of piperidine rings is 1. The van der Waals surface area contributed by atoms with Gasteiger partial charge in [0.15, 0.2) is 11.5 Å². The van der Waals surface area contributed by atoms with Crippen molar-refractivity contribution in [1.29, 1.82) is 0 Å². The van der Waals surface area contributed by atoms with E-state index in [-0.39, 0.29) is 6.04 Å². The van der Waals surface area contributed by atoms with E-state index in [9.17, 15) is 9.90 Å². The van der Waals surface area contributed by atoms with E-state index in [1.54, 1.807) is 14.2 Å². The lowest BCUT2D eigenvalue weighted by Gasteiger charge is -2.39. The van der Waals surface area contributed by atoms with Crippen molar-refractivity contribution in [2.45, 2.75) is 44.7 Å². The molecule has 0 spiro atoms. The maximum absolute atomic E-state index is 11.9. The molecule has 2 unspecified atom stereocenters. The number of carbonyl (C=O) groups is 1. The van der Waals surface area contributed by atoms with Crippen molar-refractivity contribution in [2.24, 2.45) is 0 Å². The topological polar surface area (TPSA) is 71.9 Å². The third-order valence-electron chi connectivity index (χ3n) is 5.42. The summed E-state index contributed by atoms with van der Waals surface area (Å²) >= 11 is 0. The van der Waals surface area contributed by atoms with E-state index in [1.165, 1.54) is 0 Å². The molecule has 6 nitrogen and oxygen atoms in total. The molecule has 0 bridgehead atoms. The van der Waals surface area contributed by atoms with Gasteiger partial charge in [-0.2, -0.15) is 0 Å². The van der Waals surface area contributed by atoms with Gasteiger partial charge in [-0.3, -0.25) is 14.7 Å². The summed E-state index contributed by atoms with van der Waals surface area (Å²) in [5.41, 5.74) is 2.95. The molecule has 3 rings (SSSR count). The Morgan fingerprint density at radius 2 is 2.00 bits per heavy atom. The van der Waals surface area contributed by atoms with Crippen LogP contribution >= 0.6 is 0 Å². The van der Waals surface area contributed by atoms with Crippen molar-refractivity contribution in [2.75, 3.05) is 20.8 Å². The third-order valence-corrected chi connectivity index (χ3v) is 5.42. The number of rotatable bonds is 7. The summed E-state index contributed by atoms with van der Waals surface area (Å²) in [4.78, 5) is 18.7. The molecule has 2 aromatic rings. The Morgan fingerprint density at radius 3 is 2.61 bits per heavy atom. The number of carboxylic acids is 1. The number of methoxy groups -OCH3 is 2. The fourth-order valence-electron chi connectivity index (χ4n) is 3.89. The van der Waals surface area contributed by atoms with Crippen LogP contribution in [-0.4, -0.2) is 47.8 Å². The Balaban J connectivity index is 2.09. The Kier molecular flexibility index (Phi) is 6.52. The fraction of sp³-hybridized carbons (Fsp3) is 0.455. The minimum absolute atomic E-state index is 0.257. The lowest BCUT2D eigenvalue weighted by atomic mass is 9.93. The Hall–Kier alpha value is -2.60. The first-order chi connectivity index (χ1) is 13.6. The number of hydrogen-bond acceptors (Lipinski definition) is 5. The van der Waals surface area contributed by atoms with Gasteiger partial charge in [0.25, 0.3) is 0 Å². The molecular formula is C22H28N2O4. The number of carboxylic acid groups (broad SMARTS) is 1. The van der Waals surface area contributed by atoms with E-state index >= 15 is 0 Å². The van der Waals surface area contributed by atoms with Crippen molar-refractivity contribution in [3.05, 3.63) is 53.3 Å². The molecule has 1 aromatic carbocycles. The van der Waals surface area contributed by atoms with Crippen molar-refractivity contribution in [3.63, 3.8) is 0 Å². The molecule has 1 aliphatic rings. The molecule has 0 aliphatic carbocycles. The van der Waals surface area contributed by atoms with Crippen LogP contribution in [0.25, 0.3) is 0 Å². The number of ether oxygens (including phenoxy) is 2. The van der Waals surface area contributed by atoms with E-state index in [0.717, 1.165) is 36.1 Å². The van der Waals surface area contributed by atoms with E-state index in [2.05, 4.69) is 22.9 Å². The molecule has 0 saturated carbocycles. The minimum atomic E-state index is -0.782. The van der Waals surface area contributed by atoms with Gasteiger partial charge >= 0.3 is 5.97 Å². The molecule has 150 valence electrons. The molecule has 28 heavy (non-hydrogen) atoms. The maximum Gasteiger partial charge on any atom is 0.320 e. The second-order valence-corrected chi connectivity index (χ2v) is 7.05. The molecule has 6 heteroatoms. The van der Waals surface area contributed by atoms with Gasteiger partial charge < -0.3 is 14.6 Å². The molecule has 1 N–H and O–H groups in total. The first-order valence-corrected chi connectivity index (χ1v) is 9.74. The number of nitrogens with zero attached hydrogens (tertiary/aromatic N) is 2. The van der Waals surface area contributed by atoms with E-state index < -0.39 is 12.0 Å². The summed E-state index contributed by atoms with van der Waals surface area (Å²) < 4.78 is 10.8. The number of aromatic nitrogens is 1. The normalized spacial score (nSPS) is 18.5. The molecular weight excluding hydrogens is 356 g/mol. The molecule has 1 saturated heterocycles. The van der Waals surface area contributed by atoms with E-state index in [0.29, 0.717) is 24.5 Å². The Bertz CT molecular complexity index is 807. The van der Waals surface area contributed by atoms with Crippen LogP contribution < -0.4 is 9.47 Å². The number of likely N-dealkylation sites (tertiary alicyclic amines) is 1. The highest BCUT2D eigenvalue weighted by atomic mass is 16.5. The summed E-state index contributed by atoms with van der Waals surface area (Å²) in [6, 6.07) is 9.04. The van der Waals surface area contributed by atoms with E-state index in [4.69, 9.17) is 9.47 Å². The smallest absolute Gasteiger partial charge is 0.320 e. The molecule has 1 fully saturated rings. The van der Waals surface area contributed by atoms with Gasteiger partial charge in [-0.1, -0.05) is 25.5 Å². The van der Waals surface area contributed by atoms with Crippen LogP contribution in [0.4, 0.5) is 0 Å². The molecule has 0 amide bonds. The van der Waals surface area contributed by atoms with Gasteiger partial charge in [0.1, 0.15) is 6.04 Å². The summed E-state index contributed by atoms with van der Waals surface area (Å²) in [7, 11) is 3.21. The highest BCUT2D eigenvalue weighted by molar-refractivity contribution is 5.73. The zero-order valence-corrected chi connectivity index (χ0v) is 16.7. The van der Waals surface area contributed by atoms with Crippen LogP contribution in [-0.2, 0) is 11.2 Å². The molecule has 2 heterocycles. The monoisotopic (exact) mass is 384 g/mol. The second kappa shape index (κ2) is 9.06. The molecule has 1 aliphatic heterocycles. The van der Waals surface area contributed by atoms with Crippen LogP contribution in [0.2, 0.25) is 0 Å². The van der Waals surface area contributed by atoms with Gasteiger partial charge in [0.05, 0.1) is 26.0 Å². The maximum atomic E-state index is 11.9. The van der Waals surface area contributed by atoms with Crippen molar-refractivity contribution < 1.29 is 19.4 Å². The van der Waals surface area contributed by atoms with Crippen LogP contribution in [0, 0.1) is 0 Å². The minimum Gasteiger partial charge on any atom is -0.493 e. The quantitative estimate of drug-likeness (QED) is 0.785. The first kappa shape index (κ1) is 20.1. The van der Waals surface area contributed by atoms with Gasteiger partial charge in [-0.25, -0.2) is 0 Å². The second-order valence-electron chi connectivity index (χ2n) is 7.05. The van der Waals surface area contributed by atoms with Gasteiger partial charge in [0.2, 0.25) is 0 Å². The average Bonchev–Trinajstić information content (AvgIpc) is 2.74. The summed E-state index contributed by atoms with van der Waals surface area (Å²) in [5.74, 6) is 0.488. The highest BCUT2D eigenvalue weighted by Crippen LogP contribution is 2.37. The third kappa shape index (κ3) is 4.12. The Morgan fingerprint density at radius 1 is 1.21 bits per heavy atom. The standard InChI is InChI=1S/C22H28N2O4/c1-4-15-8-10-17(23-14-15)21(24-12-6-5-7-18(24)22(25)26)16-9-11-19(27-2)20(13-16)28-3/h8-11,13-14,18,21H,4-7,12H2,1-3H3,(H,25,26). The van der Waals surface area contributed by atoms with Crippen molar-refractivity contribution >= 4 is 5.97 Å². The zero-order valence-electron chi connectivity index (χ0n) is 16.7.